The molecule has 2 nitrogen and oxygen atoms in total. The van der Waals surface area contributed by atoms with Crippen LogP contribution in [-0.4, -0.2) is 26.8 Å². The van der Waals surface area contributed by atoms with Crippen LogP contribution in [0.4, 0.5) is 18.9 Å². The standard InChI is InChI=1S/C12H17F3N2/c1-9(16-2)10-6-4-5-7-11(10)17(3)8-12(13,14)15/h4-7,9,16H,8H2,1-3H3. The average molecular weight is 246 g/mol. The molecule has 0 amide bonds. The van der Waals surface area contributed by atoms with Gasteiger partial charge in [0.1, 0.15) is 6.54 Å². The van der Waals surface area contributed by atoms with E-state index in [2.05, 4.69) is 5.32 Å². The summed E-state index contributed by atoms with van der Waals surface area (Å²) in [6.45, 7) is 0.973. The van der Waals surface area contributed by atoms with Gasteiger partial charge in [-0.05, 0) is 25.6 Å². The first kappa shape index (κ1) is 13.8. The second kappa shape index (κ2) is 5.40. The molecule has 1 unspecified atom stereocenters. The van der Waals surface area contributed by atoms with Crippen molar-refractivity contribution in [2.75, 3.05) is 25.5 Å². The van der Waals surface area contributed by atoms with Crippen LogP contribution in [0.2, 0.25) is 0 Å². The van der Waals surface area contributed by atoms with Crippen LogP contribution in [0.5, 0.6) is 0 Å². The van der Waals surface area contributed by atoms with E-state index in [-0.39, 0.29) is 6.04 Å². The number of anilines is 1. The van der Waals surface area contributed by atoms with Crippen LogP contribution in [0, 0.1) is 0 Å². The highest BCUT2D eigenvalue weighted by molar-refractivity contribution is 5.54. The fraction of sp³-hybridized carbons (Fsp3) is 0.500. The maximum absolute atomic E-state index is 12.3. The number of rotatable bonds is 4. The van der Waals surface area contributed by atoms with Gasteiger partial charge in [0.2, 0.25) is 0 Å². The molecule has 1 aromatic rings. The minimum Gasteiger partial charge on any atom is -0.365 e. The maximum Gasteiger partial charge on any atom is 0.405 e. The summed E-state index contributed by atoms with van der Waals surface area (Å²) < 4.78 is 37.0. The van der Waals surface area contributed by atoms with Crippen molar-refractivity contribution in [3.8, 4) is 0 Å². The zero-order valence-electron chi connectivity index (χ0n) is 10.2. The Bertz CT molecular complexity index is 363. The molecule has 0 bridgehead atoms. The van der Waals surface area contributed by atoms with Crippen molar-refractivity contribution in [1.82, 2.24) is 5.32 Å². The fourth-order valence-electron chi connectivity index (χ4n) is 1.71. The van der Waals surface area contributed by atoms with Crippen molar-refractivity contribution >= 4 is 5.69 Å². The summed E-state index contributed by atoms with van der Waals surface area (Å²) in [6, 6.07) is 7.13. The van der Waals surface area contributed by atoms with E-state index < -0.39 is 12.7 Å². The molecule has 5 heteroatoms. The molecule has 17 heavy (non-hydrogen) atoms. The van der Waals surface area contributed by atoms with Crippen molar-refractivity contribution in [2.24, 2.45) is 0 Å². The summed E-state index contributed by atoms with van der Waals surface area (Å²) in [5.74, 6) is 0. The van der Waals surface area contributed by atoms with E-state index in [0.29, 0.717) is 5.69 Å². The summed E-state index contributed by atoms with van der Waals surface area (Å²) in [5, 5.41) is 3.03. The number of hydrogen-bond donors (Lipinski definition) is 1. The number of para-hydroxylation sites is 1. The first-order chi connectivity index (χ1) is 7.85. The molecule has 1 atom stereocenters. The highest BCUT2D eigenvalue weighted by atomic mass is 19.4. The highest BCUT2D eigenvalue weighted by Gasteiger charge is 2.30. The van der Waals surface area contributed by atoms with E-state index in [0.717, 1.165) is 5.56 Å². The lowest BCUT2D eigenvalue weighted by Gasteiger charge is -2.25. The van der Waals surface area contributed by atoms with Crippen molar-refractivity contribution in [2.45, 2.75) is 19.1 Å². The fourth-order valence-corrected chi connectivity index (χ4v) is 1.71. The van der Waals surface area contributed by atoms with Gasteiger partial charge in [-0.2, -0.15) is 13.2 Å². The van der Waals surface area contributed by atoms with Gasteiger partial charge in [-0.15, -0.1) is 0 Å². The summed E-state index contributed by atoms with van der Waals surface area (Å²) in [5.41, 5.74) is 1.47. The van der Waals surface area contributed by atoms with Crippen LogP contribution in [-0.2, 0) is 0 Å². The predicted molar refractivity (Wildman–Crippen MR) is 63.2 cm³/mol. The Kier molecular flexibility index (Phi) is 4.40. The lowest BCUT2D eigenvalue weighted by Crippen LogP contribution is -2.32. The third kappa shape index (κ3) is 3.93. The Morgan fingerprint density at radius 3 is 2.41 bits per heavy atom. The predicted octanol–water partition coefficient (Wildman–Crippen LogP) is 2.97. The Morgan fingerprint density at radius 1 is 1.29 bits per heavy atom. The second-order valence-electron chi connectivity index (χ2n) is 4.04. The first-order valence-electron chi connectivity index (χ1n) is 5.39. The van der Waals surface area contributed by atoms with Crippen LogP contribution in [0.3, 0.4) is 0 Å². The van der Waals surface area contributed by atoms with Gasteiger partial charge in [0.15, 0.2) is 0 Å². The zero-order valence-corrected chi connectivity index (χ0v) is 10.2. The lowest BCUT2D eigenvalue weighted by atomic mass is 10.1. The molecular formula is C12H17F3N2. The Balaban J connectivity index is 2.97. The number of hydrogen-bond acceptors (Lipinski definition) is 2. The van der Waals surface area contributed by atoms with Crippen LogP contribution in [0.25, 0.3) is 0 Å². The SMILES string of the molecule is CNC(C)c1ccccc1N(C)CC(F)(F)F. The van der Waals surface area contributed by atoms with Gasteiger partial charge in [-0.1, -0.05) is 18.2 Å². The molecule has 0 fully saturated rings. The van der Waals surface area contributed by atoms with Gasteiger partial charge in [0, 0.05) is 18.8 Å². The molecule has 0 heterocycles. The molecule has 0 radical (unpaired) electrons. The summed E-state index contributed by atoms with van der Waals surface area (Å²) in [7, 11) is 3.24. The van der Waals surface area contributed by atoms with Crippen LogP contribution in [0.15, 0.2) is 24.3 Å². The topological polar surface area (TPSA) is 15.3 Å². The summed E-state index contributed by atoms with van der Waals surface area (Å²) in [4.78, 5) is 1.23. The Morgan fingerprint density at radius 2 is 1.88 bits per heavy atom. The molecule has 1 rings (SSSR count). The molecule has 0 aliphatic carbocycles. The lowest BCUT2D eigenvalue weighted by molar-refractivity contribution is -0.119. The zero-order chi connectivity index (χ0) is 13.1. The van der Waals surface area contributed by atoms with Gasteiger partial charge >= 0.3 is 6.18 Å². The maximum atomic E-state index is 12.3. The van der Waals surface area contributed by atoms with Crippen LogP contribution in [0.1, 0.15) is 18.5 Å². The minimum absolute atomic E-state index is 0.0156. The molecule has 1 aromatic carbocycles. The Hall–Kier alpha value is -1.23. The Labute approximate surface area is 99.4 Å². The summed E-state index contributed by atoms with van der Waals surface area (Å²) in [6.07, 6.45) is -4.19. The highest BCUT2D eigenvalue weighted by Crippen LogP contribution is 2.27. The molecule has 0 aliphatic rings. The van der Waals surface area contributed by atoms with Gasteiger partial charge in [-0.25, -0.2) is 0 Å². The van der Waals surface area contributed by atoms with Crippen molar-refractivity contribution in [1.29, 1.82) is 0 Å². The first-order valence-corrected chi connectivity index (χ1v) is 5.39. The van der Waals surface area contributed by atoms with Crippen molar-refractivity contribution in [3.05, 3.63) is 29.8 Å². The monoisotopic (exact) mass is 246 g/mol. The van der Waals surface area contributed by atoms with E-state index >= 15 is 0 Å². The van der Waals surface area contributed by atoms with E-state index in [1.807, 2.05) is 19.1 Å². The molecule has 96 valence electrons. The largest absolute Gasteiger partial charge is 0.405 e. The third-order valence-electron chi connectivity index (χ3n) is 2.66. The van der Waals surface area contributed by atoms with E-state index in [1.165, 1.54) is 11.9 Å². The minimum atomic E-state index is -4.19. The van der Waals surface area contributed by atoms with Gasteiger partial charge in [-0.3, -0.25) is 0 Å². The average Bonchev–Trinajstić information content (AvgIpc) is 2.25. The second-order valence-corrected chi connectivity index (χ2v) is 4.04. The smallest absolute Gasteiger partial charge is 0.365 e. The molecule has 0 aromatic heterocycles. The van der Waals surface area contributed by atoms with Gasteiger partial charge in [0.05, 0.1) is 0 Å². The van der Waals surface area contributed by atoms with E-state index in [1.54, 1.807) is 19.2 Å². The molecule has 0 spiro atoms. The number of nitrogens with one attached hydrogen (secondary N) is 1. The van der Waals surface area contributed by atoms with E-state index in [4.69, 9.17) is 0 Å². The molecule has 0 saturated carbocycles. The normalized spacial score (nSPS) is 13.5. The van der Waals surface area contributed by atoms with Crippen molar-refractivity contribution in [3.63, 3.8) is 0 Å². The van der Waals surface area contributed by atoms with Crippen LogP contribution < -0.4 is 10.2 Å². The van der Waals surface area contributed by atoms with Gasteiger partial charge in [0.25, 0.3) is 0 Å². The van der Waals surface area contributed by atoms with Crippen LogP contribution >= 0.6 is 0 Å². The summed E-state index contributed by atoms with van der Waals surface area (Å²) >= 11 is 0. The van der Waals surface area contributed by atoms with Crippen molar-refractivity contribution < 1.29 is 13.2 Å². The number of benzene rings is 1. The number of nitrogens with zero attached hydrogens (tertiary/aromatic N) is 1. The molecular weight excluding hydrogens is 229 g/mol. The number of alkyl halides is 3. The molecule has 1 N–H and O–H groups in total. The number of halogens is 3. The molecule has 0 aliphatic heterocycles. The van der Waals surface area contributed by atoms with E-state index in [9.17, 15) is 13.2 Å². The molecule has 0 saturated heterocycles. The van der Waals surface area contributed by atoms with Gasteiger partial charge < -0.3 is 10.2 Å². The third-order valence-corrected chi connectivity index (χ3v) is 2.66. The quantitative estimate of drug-likeness (QED) is 0.878.